The zero-order valence-electron chi connectivity index (χ0n) is 11.2. The molecule has 6 nitrogen and oxygen atoms in total. The number of benzene rings is 1. The topological polar surface area (TPSA) is 83.2 Å². The Morgan fingerprint density at radius 1 is 1.45 bits per heavy atom. The van der Waals surface area contributed by atoms with Crippen LogP contribution in [0.3, 0.4) is 0 Å². The highest BCUT2D eigenvalue weighted by Crippen LogP contribution is 2.32. The molecule has 1 atom stereocenters. The van der Waals surface area contributed by atoms with Crippen molar-refractivity contribution in [1.82, 2.24) is 15.6 Å². The maximum Gasteiger partial charge on any atom is 0.268 e. The van der Waals surface area contributed by atoms with Gasteiger partial charge in [-0.15, -0.1) is 0 Å². The summed E-state index contributed by atoms with van der Waals surface area (Å²) in [5, 5.41) is 6.52. The van der Waals surface area contributed by atoms with Gasteiger partial charge >= 0.3 is 0 Å². The summed E-state index contributed by atoms with van der Waals surface area (Å²) in [5.41, 5.74) is 2.17. The SMILES string of the molecule is COc1ccc2[nH]c3c(c2c1)C(NC(C)=O)CNC3=O. The van der Waals surface area contributed by atoms with Crippen molar-refractivity contribution in [3.05, 3.63) is 29.5 Å². The molecule has 1 aromatic heterocycles. The molecule has 2 aromatic rings. The third-order valence-corrected chi connectivity index (χ3v) is 3.47. The molecule has 1 aliphatic heterocycles. The molecule has 0 saturated heterocycles. The predicted octanol–water partition coefficient (Wildman–Crippen LogP) is 1.10. The van der Waals surface area contributed by atoms with Gasteiger partial charge in [-0.3, -0.25) is 9.59 Å². The highest BCUT2D eigenvalue weighted by atomic mass is 16.5. The first-order chi connectivity index (χ1) is 9.60. The third-order valence-electron chi connectivity index (χ3n) is 3.47. The first-order valence-electron chi connectivity index (χ1n) is 6.35. The van der Waals surface area contributed by atoms with E-state index in [0.29, 0.717) is 18.0 Å². The molecule has 1 unspecified atom stereocenters. The summed E-state index contributed by atoms with van der Waals surface area (Å²) in [6.45, 7) is 1.85. The van der Waals surface area contributed by atoms with Crippen LogP contribution in [0.2, 0.25) is 0 Å². The number of nitrogens with one attached hydrogen (secondary N) is 3. The van der Waals surface area contributed by atoms with Crippen molar-refractivity contribution in [2.75, 3.05) is 13.7 Å². The highest BCUT2D eigenvalue weighted by Gasteiger charge is 2.30. The summed E-state index contributed by atoms with van der Waals surface area (Å²) < 4.78 is 5.22. The molecule has 20 heavy (non-hydrogen) atoms. The molecule has 6 heteroatoms. The van der Waals surface area contributed by atoms with Crippen molar-refractivity contribution in [3.8, 4) is 5.75 Å². The predicted molar refractivity (Wildman–Crippen MR) is 73.7 cm³/mol. The van der Waals surface area contributed by atoms with Crippen molar-refractivity contribution < 1.29 is 14.3 Å². The molecule has 0 spiro atoms. The summed E-state index contributed by atoms with van der Waals surface area (Å²) in [6.07, 6.45) is 0. The zero-order valence-corrected chi connectivity index (χ0v) is 11.2. The van der Waals surface area contributed by atoms with Crippen molar-refractivity contribution in [3.63, 3.8) is 0 Å². The van der Waals surface area contributed by atoms with Crippen LogP contribution >= 0.6 is 0 Å². The van der Waals surface area contributed by atoms with Crippen LogP contribution in [-0.4, -0.2) is 30.5 Å². The molecule has 0 aliphatic carbocycles. The van der Waals surface area contributed by atoms with Crippen molar-refractivity contribution in [2.24, 2.45) is 0 Å². The van der Waals surface area contributed by atoms with Gasteiger partial charge in [-0.1, -0.05) is 0 Å². The molecule has 3 N–H and O–H groups in total. The molecule has 2 amide bonds. The Morgan fingerprint density at radius 3 is 2.95 bits per heavy atom. The van der Waals surface area contributed by atoms with E-state index < -0.39 is 0 Å². The van der Waals surface area contributed by atoms with Crippen LogP contribution in [0.5, 0.6) is 5.75 Å². The number of hydrogen-bond acceptors (Lipinski definition) is 3. The Labute approximate surface area is 115 Å². The van der Waals surface area contributed by atoms with Crippen LogP contribution in [0.25, 0.3) is 10.9 Å². The van der Waals surface area contributed by atoms with E-state index in [0.717, 1.165) is 16.5 Å². The van der Waals surface area contributed by atoms with Gasteiger partial charge in [0.1, 0.15) is 11.4 Å². The van der Waals surface area contributed by atoms with Crippen LogP contribution in [0, 0.1) is 0 Å². The largest absolute Gasteiger partial charge is 0.497 e. The van der Waals surface area contributed by atoms with Gasteiger partial charge in [-0.2, -0.15) is 0 Å². The van der Waals surface area contributed by atoms with E-state index >= 15 is 0 Å². The number of carbonyl (C=O) groups is 2. The Morgan fingerprint density at radius 2 is 2.25 bits per heavy atom. The fourth-order valence-electron chi connectivity index (χ4n) is 2.61. The van der Waals surface area contributed by atoms with Crippen molar-refractivity contribution in [2.45, 2.75) is 13.0 Å². The van der Waals surface area contributed by atoms with Crippen LogP contribution in [0.15, 0.2) is 18.2 Å². The molecule has 2 heterocycles. The van der Waals surface area contributed by atoms with Crippen LogP contribution < -0.4 is 15.4 Å². The Hall–Kier alpha value is -2.50. The number of H-pyrrole nitrogens is 1. The number of amides is 2. The quantitative estimate of drug-likeness (QED) is 0.766. The molecular formula is C14H15N3O3. The van der Waals surface area contributed by atoms with E-state index in [2.05, 4.69) is 15.6 Å². The molecular weight excluding hydrogens is 258 g/mol. The normalized spacial score (nSPS) is 17.5. The fraction of sp³-hybridized carbons (Fsp3) is 0.286. The van der Waals surface area contributed by atoms with E-state index in [1.807, 2.05) is 18.2 Å². The van der Waals surface area contributed by atoms with Crippen LogP contribution in [0.4, 0.5) is 0 Å². The molecule has 0 radical (unpaired) electrons. The summed E-state index contributed by atoms with van der Waals surface area (Å²) in [7, 11) is 1.60. The number of hydrogen-bond donors (Lipinski definition) is 3. The molecule has 0 bridgehead atoms. The average molecular weight is 273 g/mol. The van der Waals surface area contributed by atoms with Gasteiger partial charge in [0, 0.05) is 29.9 Å². The number of aromatic nitrogens is 1. The average Bonchev–Trinajstić information content (AvgIpc) is 2.81. The number of fused-ring (bicyclic) bond motifs is 3. The summed E-state index contributed by atoms with van der Waals surface area (Å²) >= 11 is 0. The van der Waals surface area contributed by atoms with Gasteiger partial charge in [0.05, 0.1) is 13.2 Å². The molecule has 1 aliphatic rings. The maximum atomic E-state index is 12.0. The van der Waals surface area contributed by atoms with E-state index in [4.69, 9.17) is 4.74 Å². The minimum atomic E-state index is -0.235. The summed E-state index contributed by atoms with van der Waals surface area (Å²) in [5.74, 6) is 0.429. The van der Waals surface area contributed by atoms with Gasteiger partial charge in [0.25, 0.3) is 5.91 Å². The number of rotatable bonds is 2. The van der Waals surface area contributed by atoms with Gasteiger partial charge < -0.3 is 20.4 Å². The number of aromatic amines is 1. The Kier molecular flexibility index (Phi) is 2.85. The fourth-order valence-corrected chi connectivity index (χ4v) is 2.61. The van der Waals surface area contributed by atoms with Gasteiger partial charge in [-0.25, -0.2) is 0 Å². The third kappa shape index (κ3) is 1.89. The van der Waals surface area contributed by atoms with Crippen LogP contribution in [-0.2, 0) is 4.79 Å². The Bertz CT molecular complexity index is 705. The smallest absolute Gasteiger partial charge is 0.268 e. The first kappa shape index (κ1) is 12.5. The zero-order chi connectivity index (χ0) is 14.3. The second-order valence-electron chi connectivity index (χ2n) is 4.79. The first-order valence-corrected chi connectivity index (χ1v) is 6.35. The van der Waals surface area contributed by atoms with E-state index in [1.165, 1.54) is 6.92 Å². The van der Waals surface area contributed by atoms with Crippen molar-refractivity contribution in [1.29, 1.82) is 0 Å². The standard InChI is InChI=1S/C14H15N3O3/c1-7(18)16-11-6-15-14(19)13-12(11)9-5-8(20-2)3-4-10(9)17-13/h3-5,11,17H,6H2,1-2H3,(H,15,19)(H,16,18). The molecule has 3 rings (SSSR count). The lowest BCUT2D eigenvalue weighted by atomic mass is 9.99. The van der Waals surface area contributed by atoms with Gasteiger partial charge in [0.15, 0.2) is 0 Å². The maximum absolute atomic E-state index is 12.0. The number of methoxy groups -OCH3 is 1. The second-order valence-corrected chi connectivity index (χ2v) is 4.79. The van der Waals surface area contributed by atoms with Crippen LogP contribution in [0.1, 0.15) is 29.0 Å². The van der Waals surface area contributed by atoms with E-state index in [1.54, 1.807) is 7.11 Å². The molecule has 0 saturated carbocycles. The van der Waals surface area contributed by atoms with E-state index in [-0.39, 0.29) is 17.9 Å². The number of ether oxygens (including phenoxy) is 1. The highest BCUT2D eigenvalue weighted by molar-refractivity contribution is 6.03. The van der Waals surface area contributed by atoms with Gasteiger partial charge in [0.2, 0.25) is 5.91 Å². The minimum Gasteiger partial charge on any atom is -0.497 e. The lowest BCUT2D eigenvalue weighted by Gasteiger charge is -2.24. The molecule has 1 aromatic carbocycles. The molecule has 0 fully saturated rings. The number of carbonyl (C=O) groups excluding carboxylic acids is 2. The van der Waals surface area contributed by atoms with Crippen molar-refractivity contribution >= 4 is 22.7 Å². The monoisotopic (exact) mass is 273 g/mol. The summed E-state index contributed by atoms with van der Waals surface area (Å²) in [6, 6.07) is 5.33. The van der Waals surface area contributed by atoms with E-state index in [9.17, 15) is 9.59 Å². The minimum absolute atomic E-state index is 0.130. The summed E-state index contributed by atoms with van der Waals surface area (Å²) in [4.78, 5) is 26.4. The lowest BCUT2D eigenvalue weighted by Crippen LogP contribution is -2.42. The molecule has 104 valence electrons. The lowest BCUT2D eigenvalue weighted by molar-refractivity contribution is -0.119. The second kappa shape index (κ2) is 4.56. The van der Waals surface area contributed by atoms with Gasteiger partial charge in [-0.05, 0) is 18.2 Å². The Balaban J connectivity index is 2.20.